The summed E-state index contributed by atoms with van der Waals surface area (Å²) in [5.41, 5.74) is 6.36. The van der Waals surface area contributed by atoms with Crippen molar-refractivity contribution in [2.24, 2.45) is 0 Å². The van der Waals surface area contributed by atoms with Gasteiger partial charge in [0, 0.05) is 21.5 Å². The van der Waals surface area contributed by atoms with Crippen molar-refractivity contribution in [2.75, 3.05) is 13.2 Å². The Bertz CT molecular complexity index is 1260. The zero-order chi connectivity index (χ0) is 23.7. The fourth-order valence-corrected chi connectivity index (χ4v) is 4.92. The van der Waals surface area contributed by atoms with Gasteiger partial charge in [0.05, 0.1) is 11.4 Å². The highest BCUT2D eigenvalue weighted by Gasteiger charge is 2.35. The van der Waals surface area contributed by atoms with Crippen LogP contribution in [0.15, 0.2) is 57.9 Å². The number of thioether (sulfide) groups is 1. The van der Waals surface area contributed by atoms with Crippen LogP contribution in [0.4, 0.5) is 4.79 Å². The van der Waals surface area contributed by atoms with E-state index in [9.17, 15) is 9.59 Å². The molecule has 1 aromatic heterocycles. The first-order valence-electron chi connectivity index (χ1n) is 10.6. The molecule has 0 aliphatic carbocycles. The minimum Gasteiger partial charge on any atom is -0.492 e. The highest BCUT2D eigenvalue weighted by molar-refractivity contribution is 9.10. The molecule has 1 saturated heterocycles. The molecule has 170 valence electrons. The van der Waals surface area contributed by atoms with Gasteiger partial charge in [0.15, 0.2) is 0 Å². The zero-order valence-electron chi connectivity index (χ0n) is 19.0. The summed E-state index contributed by atoms with van der Waals surface area (Å²) in [6.07, 6.45) is 1.82. The summed E-state index contributed by atoms with van der Waals surface area (Å²) < 4.78 is 8.92. The van der Waals surface area contributed by atoms with Gasteiger partial charge in [0.25, 0.3) is 11.1 Å². The van der Waals surface area contributed by atoms with E-state index in [0.717, 1.165) is 55.7 Å². The Morgan fingerprint density at radius 2 is 1.73 bits per heavy atom. The van der Waals surface area contributed by atoms with Gasteiger partial charge in [-0.3, -0.25) is 14.5 Å². The van der Waals surface area contributed by atoms with E-state index in [1.54, 1.807) is 0 Å². The number of benzene rings is 2. The largest absolute Gasteiger partial charge is 0.492 e. The van der Waals surface area contributed by atoms with Crippen molar-refractivity contribution in [1.82, 2.24) is 9.47 Å². The summed E-state index contributed by atoms with van der Waals surface area (Å²) in [6.45, 7) is 8.60. The second-order valence-corrected chi connectivity index (χ2v) is 9.94. The second kappa shape index (κ2) is 9.61. The average molecular weight is 525 g/mol. The molecule has 2 aromatic carbocycles. The highest BCUT2D eigenvalue weighted by atomic mass is 79.9. The lowest BCUT2D eigenvalue weighted by Crippen LogP contribution is -2.32. The molecular weight excluding hydrogens is 500 g/mol. The monoisotopic (exact) mass is 524 g/mol. The van der Waals surface area contributed by atoms with Crippen LogP contribution in [0, 0.1) is 27.7 Å². The van der Waals surface area contributed by atoms with Crippen molar-refractivity contribution in [3.05, 3.63) is 86.0 Å². The van der Waals surface area contributed by atoms with Crippen LogP contribution in [0.3, 0.4) is 0 Å². The zero-order valence-corrected chi connectivity index (χ0v) is 21.4. The number of hydrogen-bond donors (Lipinski definition) is 0. The van der Waals surface area contributed by atoms with E-state index in [1.165, 1.54) is 4.90 Å². The lowest BCUT2D eigenvalue weighted by molar-refractivity contribution is -0.123. The second-order valence-electron chi connectivity index (χ2n) is 8.09. The standard InChI is InChI=1S/C26H25BrN2O3S/c1-16-5-8-22(9-6-16)32-12-11-28-25(30)24(33-26(28)31)15-20-14-18(3)29(19(20)4)21-7-10-23(27)17(2)13-21/h5-10,13-15H,11-12H2,1-4H3/b24-15-. The molecule has 5 nitrogen and oxygen atoms in total. The Morgan fingerprint density at radius 3 is 2.42 bits per heavy atom. The van der Waals surface area contributed by atoms with Crippen molar-refractivity contribution >= 4 is 44.9 Å². The van der Waals surface area contributed by atoms with Crippen LogP contribution in [-0.4, -0.2) is 33.8 Å². The molecule has 0 saturated carbocycles. The third-order valence-corrected chi connectivity index (χ3v) is 7.43. The molecule has 33 heavy (non-hydrogen) atoms. The number of halogens is 1. The quantitative estimate of drug-likeness (QED) is 0.341. The Morgan fingerprint density at radius 1 is 1.00 bits per heavy atom. The van der Waals surface area contributed by atoms with Crippen molar-refractivity contribution in [3.63, 3.8) is 0 Å². The number of carbonyl (C=O) groups excluding carboxylic acids is 2. The van der Waals surface area contributed by atoms with Crippen LogP contribution < -0.4 is 4.74 Å². The molecule has 4 rings (SSSR count). The molecule has 2 amide bonds. The molecule has 3 aromatic rings. The Balaban J connectivity index is 1.50. The van der Waals surface area contributed by atoms with Crippen molar-refractivity contribution in [1.29, 1.82) is 0 Å². The van der Waals surface area contributed by atoms with Gasteiger partial charge in [-0.05, 0) is 93.1 Å². The van der Waals surface area contributed by atoms with Gasteiger partial charge in [-0.2, -0.15) is 0 Å². The molecule has 1 fully saturated rings. The Hall–Kier alpha value is -2.77. The number of aryl methyl sites for hydroxylation is 3. The molecule has 0 spiro atoms. The summed E-state index contributed by atoms with van der Waals surface area (Å²) in [7, 11) is 0. The van der Waals surface area contributed by atoms with E-state index in [1.807, 2.05) is 63.2 Å². The van der Waals surface area contributed by atoms with Crippen LogP contribution >= 0.6 is 27.7 Å². The van der Waals surface area contributed by atoms with E-state index >= 15 is 0 Å². The molecule has 2 heterocycles. The molecule has 0 bridgehead atoms. The molecule has 0 radical (unpaired) electrons. The predicted molar refractivity (Wildman–Crippen MR) is 137 cm³/mol. The minimum absolute atomic E-state index is 0.215. The number of aromatic nitrogens is 1. The first kappa shape index (κ1) is 23.4. The van der Waals surface area contributed by atoms with E-state index < -0.39 is 0 Å². The first-order chi connectivity index (χ1) is 15.7. The molecule has 1 aliphatic rings. The number of hydrogen-bond acceptors (Lipinski definition) is 4. The summed E-state index contributed by atoms with van der Waals surface area (Å²) >= 11 is 4.53. The fourth-order valence-electron chi connectivity index (χ4n) is 3.82. The molecule has 1 aliphatic heterocycles. The summed E-state index contributed by atoms with van der Waals surface area (Å²) in [5, 5.41) is -0.268. The van der Waals surface area contributed by atoms with E-state index in [0.29, 0.717) is 4.91 Å². The Kier molecular flexibility index (Phi) is 6.81. The smallest absolute Gasteiger partial charge is 0.293 e. The van der Waals surface area contributed by atoms with Gasteiger partial charge in [-0.15, -0.1) is 0 Å². The van der Waals surface area contributed by atoms with Crippen LogP contribution in [0.2, 0.25) is 0 Å². The first-order valence-corrected chi connectivity index (χ1v) is 12.3. The number of ether oxygens (including phenoxy) is 1. The topological polar surface area (TPSA) is 51.5 Å². The van der Waals surface area contributed by atoms with Gasteiger partial charge >= 0.3 is 0 Å². The lowest BCUT2D eigenvalue weighted by atomic mass is 10.2. The van der Waals surface area contributed by atoms with Crippen LogP contribution in [-0.2, 0) is 4.79 Å². The maximum absolute atomic E-state index is 12.9. The van der Waals surface area contributed by atoms with E-state index in [-0.39, 0.29) is 24.3 Å². The number of amides is 2. The predicted octanol–water partition coefficient (Wildman–Crippen LogP) is 6.59. The van der Waals surface area contributed by atoms with Gasteiger partial charge < -0.3 is 9.30 Å². The number of rotatable bonds is 6. The third-order valence-electron chi connectivity index (χ3n) is 5.63. The van der Waals surface area contributed by atoms with Crippen molar-refractivity contribution < 1.29 is 14.3 Å². The van der Waals surface area contributed by atoms with Gasteiger partial charge in [0.1, 0.15) is 12.4 Å². The molecule has 7 heteroatoms. The lowest BCUT2D eigenvalue weighted by Gasteiger charge is -2.13. The van der Waals surface area contributed by atoms with E-state index in [4.69, 9.17) is 4.74 Å². The van der Waals surface area contributed by atoms with Gasteiger partial charge in [0.2, 0.25) is 0 Å². The average Bonchev–Trinajstić information content (AvgIpc) is 3.20. The fraction of sp³-hybridized carbons (Fsp3) is 0.231. The molecule has 0 N–H and O–H groups in total. The molecule has 0 unspecified atom stereocenters. The Labute approximate surface area is 206 Å². The minimum atomic E-state index is -0.276. The highest BCUT2D eigenvalue weighted by Crippen LogP contribution is 2.34. The van der Waals surface area contributed by atoms with Gasteiger partial charge in [-0.1, -0.05) is 33.6 Å². The third kappa shape index (κ3) is 4.94. The van der Waals surface area contributed by atoms with E-state index in [2.05, 4.69) is 39.6 Å². The van der Waals surface area contributed by atoms with Crippen LogP contribution in [0.1, 0.15) is 28.1 Å². The summed E-state index contributed by atoms with van der Waals surface area (Å²) in [4.78, 5) is 27.1. The number of nitrogens with zero attached hydrogens (tertiary/aromatic N) is 2. The summed E-state index contributed by atoms with van der Waals surface area (Å²) in [6, 6.07) is 15.9. The SMILES string of the molecule is Cc1ccc(OCCN2C(=O)S/C(=C\c3cc(C)n(-c4ccc(Br)c(C)c4)c3C)C2=O)cc1. The van der Waals surface area contributed by atoms with Crippen molar-refractivity contribution in [3.8, 4) is 11.4 Å². The normalized spacial score (nSPS) is 15.1. The van der Waals surface area contributed by atoms with Crippen molar-refractivity contribution in [2.45, 2.75) is 27.7 Å². The molecule has 0 atom stereocenters. The number of carbonyl (C=O) groups is 2. The maximum Gasteiger partial charge on any atom is 0.293 e. The molecular formula is C26H25BrN2O3S. The summed E-state index contributed by atoms with van der Waals surface area (Å²) in [5.74, 6) is 0.445. The maximum atomic E-state index is 12.9. The van der Waals surface area contributed by atoms with Gasteiger partial charge in [-0.25, -0.2) is 0 Å². The van der Waals surface area contributed by atoms with Crippen LogP contribution in [0.25, 0.3) is 11.8 Å². The number of imide groups is 1. The van der Waals surface area contributed by atoms with Crippen LogP contribution in [0.5, 0.6) is 5.75 Å².